The molecule has 8 N–H and O–H groups in total. The van der Waals surface area contributed by atoms with E-state index in [2.05, 4.69) is 94.4 Å². The SMILES string of the molecule is CCOc1cc2c(cc1NC(=O)CCCN(C)C)C(Nc1ccc(OCC3NCC(CN(C)CCCC(=O)Nc4cc5c(cc4OCC)NCC(C#N)C5Nc4ccc(OCC5NCCC(Cl)C5C5CCCCCCC5)c(Cl)c4)CC3C)c(Br)c1)C(C#N)CN2. The number of nitrogens with zero attached hydrogens (tertiary/aromatic N) is 4. The molecule has 2 saturated heterocycles. The maximum absolute atomic E-state index is 13.7. The number of carbonyl (C=O) groups excluding carboxylic acids is 2. The highest BCUT2D eigenvalue weighted by atomic mass is 79.9. The van der Waals surface area contributed by atoms with Crippen molar-refractivity contribution in [2.24, 2.45) is 35.5 Å². The summed E-state index contributed by atoms with van der Waals surface area (Å²) in [4.78, 5) is 31.1. The molecule has 0 bridgehead atoms. The Hall–Kier alpha value is -5.90. The Bertz CT molecular complexity index is 3120. The summed E-state index contributed by atoms with van der Waals surface area (Å²) >= 11 is 17.8. The number of ether oxygens (including phenoxy) is 4. The summed E-state index contributed by atoms with van der Waals surface area (Å²) in [6, 6.07) is 23.9. The summed E-state index contributed by atoms with van der Waals surface area (Å²) in [5.74, 6) is 3.24. The zero-order chi connectivity index (χ0) is 63.7. The van der Waals surface area contributed by atoms with Gasteiger partial charge in [0.05, 0.1) is 70.1 Å². The van der Waals surface area contributed by atoms with E-state index in [-0.39, 0.29) is 41.2 Å². The van der Waals surface area contributed by atoms with Crippen LogP contribution < -0.4 is 61.5 Å². The summed E-state index contributed by atoms with van der Waals surface area (Å²) in [5.41, 5.74) is 6.14. The van der Waals surface area contributed by atoms with Gasteiger partial charge in [-0.2, -0.15) is 10.5 Å². The molecule has 0 spiro atoms. The van der Waals surface area contributed by atoms with Crippen molar-refractivity contribution in [1.82, 2.24) is 20.4 Å². The van der Waals surface area contributed by atoms with E-state index >= 15 is 0 Å². The monoisotopic (exact) mass is 1340 g/mol. The Morgan fingerprint density at radius 3 is 1.79 bits per heavy atom. The van der Waals surface area contributed by atoms with Gasteiger partial charge in [-0.1, -0.05) is 63.5 Å². The van der Waals surface area contributed by atoms with Gasteiger partial charge in [0.1, 0.15) is 36.2 Å². The van der Waals surface area contributed by atoms with Gasteiger partial charge in [0.2, 0.25) is 11.8 Å². The molecule has 3 fully saturated rings. The zero-order valence-electron chi connectivity index (χ0n) is 53.5. The molecule has 1 saturated carbocycles. The van der Waals surface area contributed by atoms with Gasteiger partial charge >= 0.3 is 0 Å². The number of hydrogen-bond donors (Lipinski definition) is 8. The van der Waals surface area contributed by atoms with Crippen molar-refractivity contribution in [3.63, 3.8) is 0 Å². The highest BCUT2D eigenvalue weighted by Gasteiger charge is 2.39. The second-order valence-electron chi connectivity index (χ2n) is 25.6. The van der Waals surface area contributed by atoms with Gasteiger partial charge in [-0.15, -0.1) is 11.6 Å². The van der Waals surface area contributed by atoms with Crippen molar-refractivity contribution in [3.8, 4) is 35.1 Å². The number of hydrogen-bond acceptors (Lipinski definition) is 16. The van der Waals surface area contributed by atoms with Crippen LogP contribution in [0.2, 0.25) is 5.02 Å². The smallest absolute Gasteiger partial charge is 0.224 e. The molecule has 2 amide bonds. The van der Waals surface area contributed by atoms with Gasteiger partial charge in [-0.3, -0.25) is 9.59 Å². The Morgan fingerprint density at radius 1 is 0.678 bits per heavy atom. The van der Waals surface area contributed by atoms with Crippen LogP contribution in [0, 0.1) is 58.2 Å². The Balaban J connectivity index is 0.735. The number of fused-ring (bicyclic) bond motifs is 2. The number of carbonyl (C=O) groups is 2. The molecule has 5 aliphatic rings. The van der Waals surface area contributed by atoms with Crippen molar-refractivity contribution in [2.45, 2.75) is 134 Å². The van der Waals surface area contributed by atoms with Crippen LogP contribution in [0.25, 0.3) is 0 Å². The molecule has 9 rings (SSSR count). The minimum Gasteiger partial charge on any atom is -0.492 e. The molecule has 18 nitrogen and oxygen atoms in total. The van der Waals surface area contributed by atoms with E-state index in [0.29, 0.717) is 116 Å². The Labute approximate surface area is 552 Å². The van der Waals surface area contributed by atoms with E-state index in [4.69, 9.17) is 42.1 Å². The minimum atomic E-state index is -0.419. The number of nitrogens with one attached hydrogen (secondary N) is 8. The average molecular weight is 1340 g/mol. The molecule has 4 aromatic carbocycles. The maximum atomic E-state index is 13.7. The van der Waals surface area contributed by atoms with Gasteiger partial charge in [0.25, 0.3) is 0 Å². The van der Waals surface area contributed by atoms with Crippen molar-refractivity contribution < 1.29 is 28.5 Å². The number of anilines is 6. The van der Waals surface area contributed by atoms with E-state index in [1.54, 1.807) is 0 Å². The molecule has 90 heavy (non-hydrogen) atoms. The van der Waals surface area contributed by atoms with Gasteiger partial charge in [-0.05, 0) is 175 Å². The van der Waals surface area contributed by atoms with Crippen molar-refractivity contribution in [2.75, 3.05) is 125 Å². The molecule has 4 aliphatic heterocycles. The lowest BCUT2D eigenvalue weighted by Crippen LogP contribution is -2.52. The number of alkyl halides is 1. The molecule has 10 atom stereocenters. The summed E-state index contributed by atoms with van der Waals surface area (Å²) < 4.78 is 25.8. The van der Waals surface area contributed by atoms with Gasteiger partial charge in [0, 0.05) is 95.9 Å². The summed E-state index contributed by atoms with van der Waals surface area (Å²) in [6.07, 6.45) is 13.1. The number of piperidine rings is 2. The van der Waals surface area contributed by atoms with Gasteiger partial charge in [0.15, 0.2) is 0 Å². The fourth-order valence-electron chi connectivity index (χ4n) is 13.9. The van der Waals surface area contributed by atoms with Crippen LogP contribution in [0.4, 0.5) is 34.1 Å². The fourth-order valence-corrected chi connectivity index (χ4v) is 15.1. The number of halogens is 3. The van der Waals surface area contributed by atoms with Crippen molar-refractivity contribution >= 4 is 85.1 Å². The second kappa shape index (κ2) is 33.6. The Kier molecular flexibility index (Phi) is 25.6. The lowest BCUT2D eigenvalue weighted by Gasteiger charge is -2.41. The summed E-state index contributed by atoms with van der Waals surface area (Å²) in [6.45, 7) is 13.1. The predicted molar refractivity (Wildman–Crippen MR) is 366 cm³/mol. The molecule has 488 valence electrons. The molecule has 21 heteroatoms. The highest BCUT2D eigenvalue weighted by Crippen LogP contribution is 2.45. The molecule has 10 unspecified atom stereocenters. The lowest BCUT2D eigenvalue weighted by molar-refractivity contribution is -0.117. The second-order valence-corrected chi connectivity index (χ2v) is 27.5. The molecular weight excluding hydrogens is 1240 g/mol. The first-order valence-electron chi connectivity index (χ1n) is 32.9. The third-order valence-corrected chi connectivity index (χ3v) is 20.0. The summed E-state index contributed by atoms with van der Waals surface area (Å²) in [5, 5.41) is 49.1. The first-order valence-corrected chi connectivity index (χ1v) is 34.5. The lowest BCUT2D eigenvalue weighted by atomic mass is 9.74. The van der Waals surface area contributed by atoms with Crippen LogP contribution >= 0.6 is 39.1 Å². The zero-order valence-corrected chi connectivity index (χ0v) is 56.6. The first-order chi connectivity index (χ1) is 43.6. The highest BCUT2D eigenvalue weighted by molar-refractivity contribution is 9.10. The van der Waals surface area contributed by atoms with Crippen LogP contribution in [0.5, 0.6) is 23.0 Å². The van der Waals surface area contributed by atoms with Crippen molar-refractivity contribution in [1.29, 1.82) is 10.5 Å². The topological polar surface area (TPSA) is 221 Å². The van der Waals surface area contributed by atoms with Gasteiger partial charge < -0.3 is 71.3 Å². The standard InChI is InChI=1S/C69H95BrCl2N12O6/c1-7-87-63-33-55-50(31-57(63)81-65(85)18-14-26-83(4)5)68(46(35-73)38-77-55)79-48-20-22-61(52(70)29-48)89-41-59-43(3)28-44(37-76-59)40-84(6)27-15-19-66(86)82-58-32-51-56(34-64(58)88-8-2)78-39-47(36-74)69(51)80-49-21-23-62(54(72)30-49)90-42-60-67(53(71)24-25-75-60)45-16-12-10-9-11-13-17-45/h20-23,29-34,43-47,53,59-60,67-69,75-80H,7-19,24-28,37-42H2,1-6H3,(H,81,85)(H,82,86). The molecule has 4 aromatic rings. The van der Waals surface area contributed by atoms with Crippen LogP contribution in [-0.2, 0) is 9.59 Å². The third kappa shape index (κ3) is 18.4. The van der Waals surface area contributed by atoms with Crippen molar-refractivity contribution in [3.05, 3.63) is 81.3 Å². The van der Waals surface area contributed by atoms with E-state index in [0.717, 1.165) is 96.1 Å². The number of nitriles is 2. The Morgan fingerprint density at radius 2 is 1.23 bits per heavy atom. The van der Waals surface area contributed by atoms with Crippen LogP contribution in [0.15, 0.2) is 65.1 Å². The average Bonchev–Trinajstić information content (AvgIpc) is 0.822. The van der Waals surface area contributed by atoms with Gasteiger partial charge in [-0.25, -0.2) is 0 Å². The molecular formula is C69H95BrCl2N12O6. The fraction of sp³-hybridized carbons (Fsp3) is 0.594. The number of amides is 2. The van der Waals surface area contributed by atoms with Crippen LogP contribution in [-0.4, -0.2) is 132 Å². The van der Waals surface area contributed by atoms with E-state index in [1.807, 2.05) is 88.6 Å². The van der Waals surface area contributed by atoms with E-state index in [1.165, 1.54) is 44.9 Å². The van der Waals surface area contributed by atoms with E-state index < -0.39 is 12.0 Å². The predicted octanol–water partition coefficient (Wildman–Crippen LogP) is 13.3. The maximum Gasteiger partial charge on any atom is 0.224 e. The quantitative estimate of drug-likeness (QED) is 0.0260. The van der Waals surface area contributed by atoms with Crippen LogP contribution in [0.3, 0.4) is 0 Å². The minimum absolute atomic E-state index is 0.0853. The van der Waals surface area contributed by atoms with Crippen LogP contribution in [0.1, 0.15) is 127 Å². The third-order valence-electron chi connectivity index (χ3n) is 18.6. The normalized spacial score (nSPS) is 24.3. The molecule has 4 heterocycles. The molecule has 0 aromatic heterocycles. The number of benzene rings is 4. The first kappa shape index (κ1) is 68.5. The largest absolute Gasteiger partial charge is 0.492 e. The number of rotatable bonds is 27. The molecule has 1 aliphatic carbocycles. The summed E-state index contributed by atoms with van der Waals surface area (Å²) in [7, 11) is 6.11. The van der Waals surface area contributed by atoms with E-state index in [9.17, 15) is 20.1 Å². The molecule has 0 radical (unpaired) electrons.